The fourth-order valence-electron chi connectivity index (χ4n) is 4.00. The predicted molar refractivity (Wildman–Crippen MR) is 119 cm³/mol. The van der Waals surface area contributed by atoms with E-state index in [1.165, 1.54) is 37.8 Å². The Morgan fingerprint density at radius 3 is 2.32 bits per heavy atom. The van der Waals surface area contributed by atoms with Gasteiger partial charge in [-0.15, -0.1) is 0 Å². The van der Waals surface area contributed by atoms with E-state index in [0.717, 1.165) is 12.8 Å². The third-order valence-electron chi connectivity index (χ3n) is 5.70. The van der Waals surface area contributed by atoms with Gasteiger partial charge in [0.25, 0.3) is 10.0 Å². The van der Waals surface area contributed by atoms with Crippen LogP contribution in [0.1, 0.15) is 44.9 Å². The van der Waals surface area contributed by atoms with Crippen molar-refractivity contribution in [3.8, 4) is 11.5 Å². The van der Waals surface area contributed by atoms with Crippen LogP contribution in [0, 0.1) is 5.92 Å². The topological polar surface area (TPSA) is 93.7 Å². The molecule has 4 rings (SSSR count). The highest BCUT2D eigenvalue weighted by Crippen LogP contribution is 2.32. The first-order valence-electron chi connectivity index (χ1n) is 10.8. The Morgan fingerprint density at radius 1 is 0.903 bits per heavy atom. The Labute approximate surface area is 183 Å². The lowest BCUT2D eigenvalue weighted by Crippen LogP contribution is -2.14. The van der Waals surface area contributed by atoms with Crippen LogP contribution in [0.2, 0.25) is 0 Å². The van der Waals surface area contributed by atoms with E-state index < -0.39 is 10.0 Å². The van der Waals surface area contributed by atoms with Gasteiger partial charge in [-0.2, -0.15) is 0 Å². The summed E-state index contributed by atoms with van der Waals surface area (Å²) >= 11 is 0. The molecule has 1 fully saturated rings. The van der Waals surface area contributed by atoms with E-state index in [9.17, 15) is 13.2 Å². The molecule has 0 unspecified atom stereocenters. The molecule has 1 saturated carbocycles. The minimum absolute atomic E-state index is 0.00701. The van der Waals surface area contributed by atoms with Crippen molar-refractivity contribution in [2.75, 3.05) is 23.3 Å². The lowest BCUT2D eigenvalue weighted by Gasteiger charge is -2.12. The van der Waals surface area contributed by atoms with Crippen LogP contribution in [0.5, 0.6) is 11.5 Å². The molecule has 2 N–H and O–H groups in total. The second-order valence-electron chi connectivity index (χ2n) is 8.08. The zero-order valence-corrected chi connectivity index (χ0v) is 18.2. The van der Waals surface area contributed by atoms with Crippen LogP contribution in [0.4, 0.5) is 11.4 Å². The average Bonchev–Trinajstić information content (AvgIpc) is 3.17. The van der Waals surface area contributed by atoms with Crippen molar-refractivity contribution in [3.63, 3.8) is 0 Å². The number of carbonyl (C=O) groups excluding carboxylic acids is 1. The van der Waals surface area contributed by atoms with Crippen LogP contribution in [0.25, 0.3) is 0 Å². The minimum Gasteiger partial charge on any atom is -0.490 e. The number of fused-ring (bicyclic) bond motifs is 1. The van der Waals surface area contributed by atoms with E-state index in [-0.39, 0.29) is 10.8 Å². The van der Waals surface area contributed by atoms with E-state index in [1.807, 2.05) is 0 Å². The van der Waals surface area contributed by atoms with Crippen LogP contribution in [-0.4, -0.2) is 27.5 Å². The van der Waals surface area contributed by atoms with E-state index >= 15 is 0 Å². The summed E-state index contributed by atoms with van der Waals surface area (Å²) in [4.78, 5) is 12.3. The van der Waals surface area contributed by atoms with E-state index in [1.54, 1.807) is 30.3 Å². The molecule has 2 aromatic rings. The fourth-order valence-corrected chi connectivity index (χ4v) is 5.08. The Balaban J connectivity index is 1.35. The predicted octanol–water partition coefficient (Wildman–Crippen LogP) is 4.56. The van der Waals surface area contributed by atoms with Crippen molar-refractivity contribution in [1.82, 2.24) is 0 Å². The van der Waals surface area contributed by atoms with Crippen LogP contribution < -0.4 is 19.5 Å². The molecule has 0 bridgehead atoms. The van der Waals surface area contributed by atoms with Gasteiger partial charge < -0.3 is 14.8 Å². The van der Waals surface area contributed by atoms with Gasteiger partial charge in [0.2, 0.25) is 5.91 Å². The molecule has 1 heterocycles. The Kier molecular flexibility index (Phi) is 6.65. The third kappa shape index (κ3) is 5.70. The molecular formula is C23H28N2O5S. The largest absolute Gasteiger partial charge is 0.490 e. The number of sulfonamides is 1. The number of hydrogen-bond acceptors (Lipinski definition) is 5. The first kappa shape index (κ1) is 21.5. The highest BCUT2D eigenvalue weighted by atomic mass is 32.2. The fraction of sp³-hybridized carbons (Fsp3) is 0.435. The smallest absolute Gasteiger partial charge is 0.262 e. The number of nitrogens with one attached hydrogen (secondary N) is 2. The summed E-state index contributed by atoms with van der Waals surface area (Å²) in [6, 6.07) is 11.2. The molecule has 0 radical (unpaired) electrons. The minimum atomic E-state index is -3.79. The van der Waals surface area contributed by atoms with Gasteiger partial charge >= 0.3 is 0 Å². The molecule has 0 saturated heterocycles. The summed E-state index contributed by atoms with van der Waals surface area (Å²) in [6.07, 6.45) is 7.20. The molecule has 8 heteroatoms. The molecule has 0 atom stereocenters. The Morgan fingerprint density at radius 2 is 1.58 bits per heavy atom. The highest BCUT2D eigenvalue weighted by molar-refractivity contribution is 7.92. The van der Waals surface area contributed by atoms with Gasteiger partial charge in [-0.25, -0.2) is 8.42 Å². The molecule has 0 aromatic heterocycles. The second-order valence-corrected chi connectivity index (χ2v) is 9.76. The van der Waals surface area contributed by atoms with E-state index in [2.05, 4.69) is 10.0 Å². The maximum atomic E-state index is 12.8. The van der Waals surface area contributed by atoms with Gasteiger partial charge in [0.05, 0.1) is 18.1 Å². The van der Waals surface area contributed by atoms with Gasteiger partial charge in [-0.3, -0.25) is 9.52 Å². The van der Waals surface area contributed by atoms with Gasteiger partial charge in [-0.1, -0.05) is 25.7 Å². The van der Waals surface area contributed by atoms with E-state index in [0.29, 0.717) is 48.4 Å². The van der Waals surface area contributed by atoms with Gasteiger partial charge in [0.15, 0.2) is 11.5 Å². The zero-order chi connectivity index (χ0) is 21.7. The normalized spacial score (nSPS) is 16.5. The molecule has 1 amide bonds. The molecule has 1 aliphatic carbocycles. The average molecular weight is 445 g/mol. The van der Waals surface area contributed by atoms with Crippen LogP contribution in [0.3, 0.4) is 0 Å². The maximum absolute atomic E-state index is 12.8. The van der Waals surface area contributed by atoms with Crippen molar-refractivity contribution in [1.29, 1.82) is 0 Å². The summed E-state index contributed by atoms with van der Waals surface area (Å²) in [7, 11) is -3.79. The molecule has 2 aromatic carbocycles. The van der Waals surface area contributed by atoms with Crippen molar-refractivity contribution in [2.45, 2.75) is 49.8 Å². The molecule has 166 valence electrons. The summed E-state index contributed by atoms with van der Waals surface area (Å²) < 4.78 is 39.2. The summed E-state index contributed by atoms with van der Waals surface area (Å²) in [5.74, 6) is 1.64. The monoisotopic (exact) mass is 444 g/mol. The third-order valence-corrected chi connectivity index (χ3v) is 7.08. The number of anilines is 2. The lowest BCUT2D eigenvalue weighted by atomic mass is 10.0. The van der Waals surface area contributed by atoms with Crippen molar-refractivity contribution < 1.29 is 22.7 Å². The van der Waals surface area contributed by atoms with E-state index in [4.69, 9.17) is 9.47 Å². The summed E-state index contributed by atoms with van der Waals surface area (Å²) in [5, 5.41) is 2.88. The Bertz CT molecular complexity index is 1010. The maximum Gasteiger partial charge on any atom is 0.262 e. The molecule has 1 aliphatic heterocycles. The number of rotatable bonds is 7. The van der Waals surface area contributed by atoms with Crippen LogP contribution in [-0.2, 0) is 14.8 Å². The summed E-state index contributed by atoms with van der Waals surface area (Å²) in [6.45, 7) is 1.03. The number of ether oxygens (including phenoxy) is 2. The van der Waals surface area contributed by atoms with Crippen LogP contribution in [0.15, 0.2) is 47.4 Å². The number of benzene rings is 2. The molecule has 0 spiro atoms. The van der Waals surface area contributed by atoms with Gasteiger partial charge in [0, 0.05) is 30.3 Å². The zero-order valence-electron chi connectivity index (χ0n) is 17.4. The van der Waals surface area contributed by atoms with Gasteiger partial charge in [-0.05, 0) is 48.7 Å². The number of carbonyl (C=O) groups is 1. The quantitative estimate of drug-likeness (QED) is 0.653. The second kappa shape index (κ2) is 9.60. The SMILES string of the molecule is O=C(CCC1CCCC1)Nc1ccc(NS(=O)(=O)c2ccc3c(c2)OCCCO3)cc1. The van der Waals surface area contributed by atoms with Crippen molar-refractivity contribution in [3.05, 3.63) is 42.5 Å². The van der Waals surface area contributed by atoms with Crippen molar-refractivity contribution >= 4 is 27.3 Å². The molecule has 31 heavy (non-hydrogen) atoms. The highest BCUT2D eigenvalue weighted by Gasteiger charge is 2.19. The summed E-state index contributed by atoms with van der Waals surface area (Å²) in [5.41, 5.74) is 1.06. The van der Waals surface area contributed by atoms with Gasteiger partial charge in [0.1, 0.15) is 0 Å². The molecule has 7 nitrogen and oxygen atoms in total. The number of hydrogen-bond donors (Lipinski definition) is 2. The standard InChI is InChI=1S/C23H28N2O5S/c26-23(13-6-17-4-1-2-5-17)24-18-7-9-19(10-8-18)25-31(27,28)20-11-12-21-22(16-20)30-15-3-14-29-21/h7-12,16-17,25H,1-6,13-15H2,(H,24,26). The van der Waals surface area contributed by atoms with Crippen molar-refractivity contribution in [2.24, 2.45) is 5.92 Å². The first-order valence-corrected chi connectivity index (χ1v) is 12.3. The molecular weight excluding hydrogens is 416 g/mol. The first-order chi connectivity index (χ1) is 15.0. The van der Waals surface area contributed by atoms with Crippen LogP contribution >= 0.6 is 0 Å². The Hall–Kier alpha value is -2.74. The number of amides is 1. The molecule has 2 aliphatic rings. The lowest BCUT2D eigenvalue weighted by molar-refractivity contribution is -0.116.